The summed E-state index contributed by atoms with van der Waals surface area (Å²) < 4.78 is 53.3. The molecule has 1 heterocycles. The standard InChI is InChI=1S/C16H14F3NO3S/c1-10(15(24)21-2)22-12-4-6-13(7-5-12)23-14-8-3-11(9-20-14)16(17,18)19/h3-10H,1-2H3. The van der Waals surface area contributed by atoms with Crippen molar-refractivity contribution in [1.82, 2.24) is 4.98 Å². The van der Waals surface area contributed by atoms with E-state index in [-0.39, 0.29) is 5.88 Å². The molecule has 2 aromatic rings. The van der Waals surface area contributed by atoms with E-state index < -0.39 is 17.8 Å². The minimum absolute atomic E-state index is 0.0607. The van der Waals surface area contributed by atoms with Gasteiger partial charge in [-0.3, -0.25) is 0 Å². The first-order valence-corrected chi connectivity index (χ1v) is 7.26. The highest BCUT2D eigenvalue weighted by Crippen LogP contribution is 2.30. The number of nitrogens with zero attached hydrogens (tertiary/aromatic N) is 1. The van der Waals surface area contributed by atoms with Gasteiger partial charge in [0, 0.05) is 12.3 Å². The number of hydrogen-bond donors (Lipinski definition) is 0. The minimum Gasteiger partial charge on any atom is -0.487 e. The first-order chi connectivity index (χ1) is 11.3. The molecule has 0 aliphatic heterocycles. The molecule has 24 heavy (non-hydrogen) atoms. The van der Waals surface area contributed by atoms with E-state index in [0.717, 1.165) is 18.3 Å². The lowest BCUT2D eigenvalue weighted by molar-refractivity contribution is -0.137. The summed E-state index contributed by atoms with van der Waals surface area (Å²) in [6.45, 7) is 1.75. The highest BCUT2D eigenvalue weighted by molar-refractivity contribution is 7.80. The Hall–Kier alpha value is -2.35. The quantitative estimate of drug-likeness (QED) is 0.730. The van der Waals surface area contributed by atoms with Crippen LogP contribution in [0.2, 0.25) is 0 Å². The van der Waals surface area contributed by atoms with E-state index in [1.807, 2.05) is 0 Å². The number of rotatable bonds is 5. The summed E-state index contributed by atoms with van der Waals surface area (Å²) >= 11 is 4.97. The lowest BCUT2D eigenvalue weighted by Gasteiger charge is -2.14. The number of aromatic nitrogens is 1. The second kappa shape index (κ2) is 7.48. The molecule has 0 aliphatic rings. The Kier molecular flexibility index (Phi) is 5.61. The Bertz CT molecular complexity index is 687. The van der Waals surface area contributed by atoms with Crippen LogP contribution in [0.3, 0.4) is 0 Å². The number of benzene rings is 1. The van der Waals surface area contributed by atoms with Crippen molar-refractivity contribution in [3.05, 3.63) is 48.2 Å². The molecule has 0 aliphatic carbocycles. The Labute approximate surface area is 142 Å². The summed E-state index contributed by atoms with van der Waals surface area (Å²) in [5.74, 6) is 1.02. The summed E-state index contributed by atoms with van der Waals surface area (Å²) in [6.07, 6.45) is -4.10. The van der Waals surface area contributed by atoms with E-state index in [9.17, 15) is 13.2 Å². The van der Waals surface area contributed by atoms with Crippen LogP contribution >= 0.6 is 12.2 Å². The fourth-order valence-electron chi connectivity index (χ4n) is 1.73. The summed E-state index contributed by atoms with van der Waals surface area (Å²) in [5.41, 5.74) is -0.832. The first kappa shape index (κ1) is 18.0. The number of hydrogen-bond acceptors (Lipinski definition) is 5. The van der Waals surface area contributed by atoms with Gasteiger partial charge in [0.1, 0.15) is 11.5 Å². The molecule has 2 rings (SSSR count). The third-order valence-corrected chi connectivity index (χ3v) is 3.45. The molecule has 0 spiro atoms. The van der Waals surface area contributed by atoms with E-state index >= 15 is 0 Å². The number of thiocarbonyl (C=S) groups is 1. The Balaban J connectivity index is 2.00. The van der Waals surface area contributed by atoms with Gasteiger partial charge in [-0.1, -0.05) is 0 Å². The van der Waals surface area contributed by atoms with Crippen molar-refractivity contribution in [1.29, 1.82) is 0 Å². The number of alkyl halides is 3. The predicted molar refractivity (Wildman–Crippen MR) is 85.5 cm³/mol. The third-order valence-electron chi connectivity index (χ3n) is 2.96. The van der Waals surface area contributed by atoms with Crippen molar-refractivity contribution >= 4 is 17.3 Å². The second-order valence-electron chi connectivity index (χ2n) is 4.74. The van der Waals surface area contributed by atoms with Crippen LogP contribution in [0, 0.1) is 0 Å². The summed E-state index contributed by atoms with van der Waals surface area (Å²) in [7, 11) is 1.47. The van der Waals surface area contributed by atoms with Gasteiger partial charge in [-0.25, -0.2) is 4.98 Å². The highest BCUT2D eigenvalue weighted by Gasteiger charge is 2.30. The van der Waals surface area contributed by atoms with Gasteiger partial charge >= 0.3 is 6.18 Å². The lowest BCUT2D eigenvalue weighted by Crippen LogP contribution is -2.23. The number of halogens is 3. The molecule has 1 aromatic carbocycles. The molecule has 8 heteroatoms. The molecule has 0 amide bonds. The number of pyridine rings is 1. The zero-order valence-electron chi connectivity index (χ0n) is 12.8. The molecule has 4 nitrogen and oxygen atoms in total. The van der Waals surface area contributed by atoms with Crippen LogP contribution in [0.15, 0.2) is 42.6 Å². The lowest BCUT2D eigenvalue weighted by atomic mass is 10.3. The van der Waals surface area contributed by atoms with Crippen molar-refractivity contribution < 1.29 is 27.4 Å². The summed E-state index contributed by atoms with van der Waals surface area (Å²) in [6, 6.07) is 8.58. The summed E-state index contributed by atoms with van der Waals surface area (Å²) in [4.78, 5) is 3.64. The molecule has 128 valence electrons. The monoisotopic (exact) mass is 357 g/mol. The molecule has 0 bridgehead atoms. The Morgan fingerprint density at radius 3 is 2.21 bits per heavy atom. The Morgan fingerprint density at radius 1 is 1.08 bits per heavy atom. The maximum atomic E-state index is 12.5. The maximum absolute atomic E-state index is 12.5. The van der Waals surface area contributed by atoms with E-state index in [0.29, 0.717) is 16.5 Å². The van der Waals surface area contributed by atoms with Gasteiger partial charge < -0.3 is 14.2 Å². The van der Waals surface area contributed by atoms with Crippen molar-refractivity contribution in [2.45, 2.75) is 19.2 Å². The zero-order chi connectivity index (χ0) is 17.7. The van der Waals surface area contributed by atoms with E-state index in [4.69, 9.17) is 26.4 Å². The van der Waals surface area contributed by atoms with Crippen LogP contribution in [0.4, 0.5) is 13.2 Å². The van der Waals surface area contributed by atoms with Crippen LogP contribution < -0.4 is 9.47 Å². The average Bonchev–Trinajstić information content (AvgIpc) is 2.55. The molecule has 0 saturated carbocycles. The average molecular weight is 357 g/mol. The zero-order valence-corrected chi connectivity index (χ0v) is 13.6. The van der Waals surface area contributed by atoms with Gasteiger partial charge in [0.15, 0.2) is 11.2 Å². The largest absolute Gasteiger partial charge is 0.487 e. The molecule has 1 aromatic heterocycles. The highest BCUT2D eigenvalue weighted by atomic mass is 32.1. The fourth-order valence-corrected chi connectivity index (χ4v) is 1.78. The molecule has 0 N–H and O–H groups in total. The third kappa shape index (κ3) is 4.82. The normalized spacial score (nSPS) is 12.4. The minimum atomic E-state index is -4.43. The van der Waals surface area contributed by atoms with Gasteiger partial charge in [-0.05, 0) is 49.5 Å². The van der Waals surface area contributed by atoms with Crippen molar-refractivity contribution in [3.63, 3.8) is 0 Å². The van der Waals surface area contributed by atoms with Gasteiger partial charge in [-0.15, -0.1) is 0 Å². The second-order valence-corrected chi connectivity index (χ2v) is 5.14. The van der Waals surface area contributed by atoms with Crippen LogP contribution in [0.5, 0.6) is 17.4 Å². The molecular formula is C16H14F3NO3S. The number of methoxy groups -OCH3 is 1. The van der Waals surface area contributed by atoms with Crippen molar-refractivity contribution in [2.24, 2.45) is 0 Å². The molecule has 0 saturated heterocycles. The Morgan fingerprint density at radius 2 is 1.71 bits per heavy atom. The fraction of sp³-hybridized carbons (Fsp3) is 0.250. The van der Waals surface area contributed by atoms with Crippen LogP contribution in [0.25, 0.3) is 0 Å². The molecule has 0 radical (unpaired) electrons. The molecular weight excluding hydrogens is 343 g/mol. The van der Waals surface area contributed by atoms with Gasteiger partial charge in [-0.2, -0.15) is 13.2 Å². The van der Waals surface area contributed by atoms with Gasteiger partial charge in [0.2, 0.25) is 5.88 Å². The van der Waals surface area contributed by atoms with E-state index in [1.165, 1.54) is 7.11 Å². The van der Waals surface area contributed by atoms with Crippen LogP contribution in [-0.2, 0) is 10.9 Å². The maximum Gasteiger partial charge on any atom is 0.417 e. The van der Waals surface area contributed by atoms with Crippen LogP contribution in [0.1, 0.15) is 12.5 Å². The summed E-state index contributed by atoms with van der Waals surface area (Å²) in [5, 5.41) is 0.323. The first-order valence-electron chi connectivity index (χ1n) is 6.85. The predicted octanol–water partition coefficient (Wildman–Crippen LogP) is 4.63. The molecule has 1 atom stereocenters. The molecule has 0 fully saturated rings. The van der Waals surface area contributed by atoms with Crippen LogP contribution in [-0.4, -0.2) is 23.2 Å². The smallest absolute Gasteiger partial charge is 0.417 e. The van der Waals surface area contributed by atoms with E-state index in [1.54, 1.807) is 31.2 Å². The molecule has 1 unspecified atom stereocenters. The van der Waals surface area contributed by atoms with Crippen molar-refractivity contribution in [2.75, 3.05) is 7.11 Å². The topological polar surface area (TPSA) is 40.6 Å². The van der Waals surface area contributed by atoms with Gasteiger partial charge in [0.25, 0.3) is 0 Å². The SMILES string of the molecule is COC(=S)C(C)Oc1ccc(Oc2ccc(C(F)(F)F)cn2)cc1. The number of ether oxygens (including phenoxy) is 3. The van der Waals surface area contributed by atoms with Crippen molar-refractivity contribution in [3.8, 4) is 17.4 Å². The van der Waals surface area contributed by atoms with Gasteiger partial charge in [0.05, 0.1) is 12.7 Å². The van der Waals surface area contributed by atoms with E-state index in [2.05, 4.69) is 4.98 Å².